The summed E-state index contributed by atoms with van der Waals surface area (Å²) in [6.07, 6.45) is 0.952. The van der Waals surface area contributed by atoms with E-state index in [1.54, 1.807) is 0 Å². The lowest BCUT2D eigenvalue weighted by Crippen LogP contribution is -2.16. The van der Waals surface area contributed by atoms with Gasteiger partial charge in [0.2, 0.25) is 0 Å². The predicted octanol–water partition coefficient (Wildman–Crippen LogP) is 6.55. The molecule has 0 fully saturated rings. The van der Waals surface area contributed by atoms with Crippen LogP contribution in [0.1, 0.15) is 16.7 Å². The molecule has 0 atom stereocenters. The van der Waals surface area contributed by atoms with Crippen molar-refractivity contribution >= 4 is 47.3 Å². The molecule has 34 heavy (non-hydrogen) atoms. The van der Waals surface area contributed by atoms with Crippen LogP contribution < -0.4 is 16.4 Å². The van der Waals surface area contributed by atoms with Crippen LogP contribution in [0.4, 0.5) is 17.1 Å². The Morgan fingerprint density at radius 2 is 1.59 bits per heavy atom. The first-order chi connectivity index (χ1) is 16.7. The maximum atomic E-state index is 6.17. The summed E-state index contributed by atoms with van der Waals surface area (Å²) in [6, 6.07) is 31.0. The van der Waals surface area contributed by atoms with Crippen molar-refractivity contribution < 1.29 is 0 Å². The Balaban J connectivity index is 1.13. The van der Waals surface area contributed by atoms with E-state index in [0.29, 0.717) is 5.84 Å². The maximum absolute atomic E-state index is 6.17. The van der Waals surface area contributed by atoms with Gasteiger partial charge in [0.05, 0.1) is 17.1 Å². The third-order valence-electron chi connectivity index (χ3n) is 5.71. The molecule has 6 heteroatoms. The van der Waals surface area contributed by atoms with Gasteiger partial charge in [-0.25, -0.2) is 4.99 Å². The number of amidine groups is 1. The van der Waals surface area contributed by atoms with Crippen LogP contribution in [0.5, 0.6) is 0 Å². The van der Waals surface area contributed by atoms with Gasteiger partial charge in [-0.15, -0.1) is 12.6 Å². The average Bonchev–Trinajstić information content (AvgIpc) is 2.86. The lowest BCUT2D eigenvalue weighted by molar-refractivity contribution is 0.686. The van der Waals surface area contributed by atoms with Crippen LogP contribution in [0.25, 0.3) is 0 Å². The predicted molar refractivity (Wildman–Crippen MR) is 146 cm³/mol. The van der Waals surface area contributed by atoms with Gasteiger partial charge in [-0.1, -0.05) is 60.3 Å². The summed E-state index contributed by atoms with van der Waals surface area (Å²) in [5.41, 5.74) is 12.8. The Morgan fingerprint density at radius 3 is 2.44 bits per heavy atom. The Morgan fingerprint density at radius 1 is 0.853 bits per heavy atom. The van der Waals surface area contributed by atoms with Crippen molar-refractivity contribution in [2.24, 2.45) is 10.7 Å². The summed E-state index contributed by atoms with van der Waals surface area (Å²) in [5.74, 6) is 0.474. The number of para-hydroxylation sites is 1. The Labute approximate surface area is 210 Å². The van der Waals surface area contributed by atoms with Crippen LogP contribution in [0.3, 0.4) is 0 Å². The second-order valence-corrected chi connectivity index (χ2v) is 9.73. The number of aliphatic imine (C=N–C) groups is 1. The standard InChI is InChI=1S/C28H26N4S2/c29-28(22-5-1-3-7-25(22)33)31-21-12-9-19(10-13-21)15-16-30-18-20-11-14-24-27(17-20)34-26-8-4-2-6-23(26)32-24/h1-14,17,30,32-33H,15-16,18H2,(H2,29,31). The fourth-order valence-corrected chi connectivity index (χ4v) is 5.21. The average molecular weight is 483 g/mol. The summed E-state index contributed by atoms with van der Waals surface area (Å²) in [7, 11) is 0. The number of benzene rings is 4. The van der Waals surface area contributed by atoms with Gasteiger partial charge in [0.25, 0.3) is 0 Å². The number of anilines is 2. The Hall–Kier alpha value is -3.19. The fourth-order valence-electron chi connectivity index (χ4n) is 3.88. The van der Waals surface area contributed by atoms with E-state index in [4.69, 9.17) is 5.73 Å². The second-order valence-electron chi connectivity index (χ2n) is 8.16. The molecule has 0 spiro atoms. The number of nitrogens with zero attached hydrogens (tertiary/aromatic N) is 1. The zero-order chi connectivity index (χ0) is 23.3. The molecule has 4 aromatic carbocycles. The minimum absolute atomic E-state index is 0.474. The summed E-state index contributed by atoms with van der Waals surface area (Å²) >= 11 is 6.28. The molecule has 1 aliphatic rings. The molecule has 0 saturated carbocycles. The van der Waals surface area contributed by atoms with Crippen LogP contribution in [-0.4, -0.2) is 12.4 Å². The van der Waals surface area contributed by atoms with E-state index < -0.39 is 0 Å². The number of rotatable bonds is 7. The smallest absolute Gasteiger partial charge is 0.132 e. The van der Waals surface area contributed by atoms with Gasteiger partial charge in [0, 0.05) is 26.8 Å². The maximum Gasteiger partial charge on any atom is 0.132 e. The van der Waals surface area contributed by atoms with Crippen molar-refractivity contribution in [3.8, 4) is 0 Å². The molecule has 0 saturated heterocycles. The second kappa shape index (κ2) is 10.4. The minimum atomic E-state index is 0.474. The van der Waals surface area contributed by atoms with Crippen molar-refractivity contribution in [2.45, 2.75) is 27.7 Å². The molecule has 0 amide bonds. The fraction of sp³-hybridized carbons (Fsp3) is 0.107. The molecule has 170 valence electrons. The summed E-state index contributed by atoms with van der Waals surface area (Å²) in [6.45, 7) is 1.75. The first-order valence-corrected chi connectivity index (χ1v) is 12.5. The van der Waals surface area contributed by atoms with E-state index in [2.05, 4.69) is 82.9 Å². The number of nitrogens with two attached hydrogens (primary N) is 1. The van der Waals surface area contributed by atoms with E-state index in [0.717, 1.165) is 35.7 Å². The van der Waals surface area contributed by atoms with Gasteiger partial charge in [0.15, 0.2) is 0 Å². The van der Waals surface area contributed by atoms with Crippen molar-refractivity contribution in [2.75, 3.05) is 11.9 Å². The molecule has 0 aliphatic carbocycles. The highest BCUT2D eigenvalue weighted by molar-refractivity contribution is 7.99. The molecular formula is C28H26N4S2. The van der Waals surface area contributed by atoms with Gasteiger partial charge in [-0.2, -0.15) is 0 Å². The monoisotopic (exact) mass is 482 g/mol. The van der Waals surface area contributed by atoms with Crippen LogP contribution in [-0.2, 0) is 13.0 Å². The zero-order valence-corrected chi connectivity index (χ0v) is 20.4. The van der Waals surface area contributed by atoms with Crippen LogP contribution in [0.15, 0.2) is 111 Å². The molecule has 1 aliphatic heterocycles. The van der Waals surface area contributed by atoms with E-state index in [-0.39, 0.29) is 0 Å². The van der Waals surface area contributed by atoms with E-state index in [9.17, 15) is 0 Å². The van der Waals surface area contributed by atoms with Gasteiger partial charge in [-0.3, -0.25) is 0 Å². The Kier molecular flexibility index (Phi) is 6.90. The third kappa shape index (κ3) is 5.30. The van der Waals surface area contributed by atoms with Crippen molar-refractivity contribution in [3.05, 3.63) is 108 Å². The number of thiol groups is 1. The SMILES string of the molecule is NC(=Nc1ccc(CCNCc2ccc3c(c2)Sc2ccccc2N3)cc1)c1ccccc1S. The highest BCUT2D eigenvalue weighted by Gasteiger charge is 2.15. The molecule has 0 aromatic heterocycles. The summed E-state index contributed by atoms with van der Waals surface area (Å²) in [4.78, 5) is 7.90. The zero-order valence-electron chi connectivity index (χ0n) is 18.7. The molecule has 4 nitrogen and oxygen atoms in total. The van der Waals surface area contributed by atoms with Crippen molar-refractivity contribution in [1.29, 1.82) is 0 Å². The molecule has 4 aromatic rings. The molecule has 4 N–H and O–H groups in total. The van der Waals surface area contributed by atoms with E-state index in [1.807, 2.05) is 48.2 Å². The van der Waals surface area contributed by atoms with Crippen LogP contribution >= 0.6 is 24.4 Å². The first-order valence-electron chi connectivity index (χ1n) is 11.2. The molecule has 0 radical (unpaired) electrons. The number of nitrogens with one attached hydrogen (secondary N) is 2. The normalized spacial score (nSPS) is 12.6. The van der Waals surface area contributed by atoms with Gasteiger partial charge >= 0.3 is 0 Å². The van der Waals surface area contributed by atoms with E-state index in [1.165, 1.54) is 32.3 Å². The molecule has 5 rings (SSSR count). The number of fused-ring (bicyclic) bond motifs is 2. The first kappa shape index (κ1) is 22.6. The van der Waals surface area contributed by atoms with Crippen molar-refractivity contribution in [3.63, 3.8) is 0 Å². The van der Waals surface area contributed by atoms with Gasteiger partial charge < -0.3 is 16.4 Å². The Bertz CT molecular complexity index is 1330. The van der Waals surface area contributed by atoms with Crippen LogP contribution in [0.2, 0.25) is 0 Å². The lowest BCUT2D eigenvalue weighted by atomic mass is 10.1. The highest BCUT2D eigenvalue weighted by atomic mass is 32.2. The molecular weight excluding hydrogens is 456 g/mol. The van der Waals surface area contributed by atoms with Crippen LogP contribution in [0, 0.1) is 0 Å². The summed E-state index contributed by atoms with van der Waals surface area (Å²) in [5, 5.41) is 7.09. The minimum Gasteiger partial charge on any atom is -0.383 e. The largest absolute Gasteiger partial charge is 0.383 e. The lowest BCUT2D eigenvalue weighted by Gasteiger charge is -2.21. The highest BCUT2D eigenvalue weighted by Crippen LogP contribution is 2.44. The van der Waals surface area contributed by atoms with E-state index >= 15 is 0 Å². The molecule has 0 unspecified atom stereocenters. The van der Waals surface area contributed by atoms with Gasteiger partial charge in [-0.05, 0) is 66.6 Å². The van der Waals surface area contributed by atoms with Gasteiger partial charge in [0.1, 0.15) is 5.84 Å². The third-order valence-corrected chi connectivity index (χ3v) is 7.23. The summed E-state index contributed by atoms with van der Waals surface area (Å²) < 4.78 is 0. The topological polar surface area (TPSA) is 62.4 Å². The van der Waals surface area contributed by atoms with Crippen molar-refractivity contribution in [1.82, 2.24) is 5.32 Å². The number of hydrogen-bond donors (Lipinski definition) is 4. The number of hydrogen-bond acceptors (Lipinski definition) is 5. The quantitative estimate of drug-likeness (QED) is 0.0919. The molecule has 1 heterocycles. The molecule has 0 bridgehead atoms.